The van der Waals surface area contributed by atoms with Crippen LogP contribution in [0.2, 0.25) is 0 Å². The molecule has 6 nitrogen and oxygen atoms in total. The molecule has 1 aliphatic rings. The van der Waals surface area contributed by atoms with E-state index in [1.165, 1.54) is 33.6 Å². The second-order valence-electron chi connectivity index (χ2n) is 9.80. The van der Waals surface area contributed by atoms with Gasteiger partial charge in [0.05, 0.1) is 12.2 Å². The summed E-state index contributed by atoms with van der Waals surface area (Å²) in [6.45, 7) is 11.3. The zero-order valence-corrected chi connectivity index (χ0v) is 21.2. The topological polar surface area (TPSA) is 61.8 Å². The summed E-state index contributed by atoms with van der Waals surface area (Å²) < 4.78 is 2.12. The van der Waals surface area contributed by atoms with Crippen LogP contribution in [0.5, 0.6) is 0 Å². The van der Waals surface area contributed by atoms with Crippen LogP contribution in [0.4, 0.5) is 5.69 Å². The molecule has 0 radical (unpaired) electrons. The summed E-state index contributed by atoms with van der Waals surface area (Å²) in [5.74, 6) is 0. The number of aromatic nitrogens is 4. The molecule has 6 rings (SSSR count). The van der Waals surface area contributed by atoms with Gasteiger partial charge in [-0.2, -0.15) is 5.10 Å². The van der Waals surface area contributed by atoms with Crippen LogP contribution in [-0.2, 0) is 6.54 Å². The number of pyridine rings is 1. The van der Waals surface area contributed by atoms with Gasteiger partial charge < -0.3 is 15.2 Å². The molecule has 0 bridgehead atoms. The molecule has 5 aromatic rings. The first kappa shape index (κ1) is 22.6. The average Bonchev–Trinajstić information content (AvgIpc) is 3.43. The van der Waals surface area contributed by atoms with Gasteiger partial charge in [-0.05, 0) is 50.1 Å². The normalized spacial score (nSPS) is 14.0. The molecule has 2 N–H and O–H groups in total. The average molecular weight is 477 g/mol. The number of fused-ring (bicyclic) bond motifs is 1. The fraction of sp³-hybridized carbons (Fsp3) is 0.267. The molecule has 0 atom stereocenters. The number of nitrogens with zero attached hydrogens (tertiary/aromatic N) is 4. The lowest BCUT2D eigenvalue weighted by Crippen LogP contribution is -2.43. The van der Waals surface area contributed by atoms with Crippen LogP contribution in [0.25, 0.3) is 33.3 Å². The molecule has 36 heavy (non-hydrogen) atoms. The Bertz CT molecular complexity index is 1520. The van der Waals surface area contributed by atoms with Crippen molar-refractivity contribution in [2.24, 2.45) is 0 Å². The van der Waals surface area contributed by atoms with Gasteiger partial charge in [-0.15, -0.1) is 0 Å². The maximum absolute atomic E-state index is 4.91. The first-order valence-corrected chi connectivity index (χ1v) is 12.7. The Morgan fingerprint density at radius 2 is 1.72 bits per heavy atom. The molecule has 1 saturated heterocycles. The predicted molar refractivity (Wildman–Crippen MR) is 148 cm³/mol. The molecular weight excluding hydrogens is 444 g/mol. The third kappa shape index (κ3) is 4.18. The van der Waals surface area contributed by atoms with Crippen LogP contribution < -0.4 is 10.2 Å². The number of hydrogen-bond acceptors (Lipinski definition) is 4. The minimum absolute atomic E-state index is 0.764. The second kappa shape index (κ2) is 9.28. The van der Waals surface area contributed by atoms with E-state index in [0.29, 0.717) is 0 Å². The largest absolute Gasteiger partial charge is 0.369 e. The lowest BCUT2D eigenvalue weighted by atomic mass is 10.0. The van der Waals surface area contributed by atoms with E-state index in [-0.39, 0.29) is 0 Å². The van der Waals surface area contributed by atoms with Gasteiger partial charge >= 0.3 is 0 Å². The van der Waals surface area contributed by atoms with Crippen molar-refractivity contribution < 1.29 is 0 Å². The minimum Gasteiger partial charge on any atom is -0.369 e. The highest BCUT2D eigenvalue weighted by atomic mass is 15.3. The van der Waals surface area contributed by atoms with Crippen molar-refractivity contribution in [3.63, 3.8) is 0 Å². The monoisotopic (exact) mass is 476 g/mol. The van der Waals surface area contributed by atoms with E-state index < -0.39 is 0 Å². The van der Waals surface area contributed by atoms with Crippen molar-refractivity contribution in [3.8, 4) is 22.3 Å². The predicted octanol–water partition coefficient (Wildman–Crippen LogP) is 5.48. The van der Waals surface area contributed by atoms with Crippen molar-refractivity contribution in [1.29, 1.82) is 0 Å². The van der Waals surface area contributed by atoms with Crippen molar-refractivity contribution in [2.45, 2.75) is 27.3 Å². The Kier molecular flexibility index (Phi) is 5.82. The first-order chi connectivity index (χ1) is 17.6. The Morgan fingerprint density at radius 1 is 0.917 bits per heavy atom. The summed E-state index contributed by atoms with van der Waals surface area (Å²) in [6.07, 6.45) is 4.03. The molecular formula is C30H32N6. The number of rotatable bonds is 5. The van der Waals surface area contributed by atoms with Gasteiger partial charge in [0.1, 0.15) is 5.65 Å². The molecule has 0 amide bonds. The molecule has 4 heterocycles. The summed E-state index contributed by atoms with van der Waals surface area (Å²) in [6, 6.07) is 19.8. The highest BCUT2D eigenvalue weighted by molar-refractivity contribution is 5.97. The molecule has 1 aliphatic heterocycles. The Labute approximate surface area is 212 Å². The van der Waals surface area contributed by atoms with Gasteiger partial charge in [-0.1, -0.05) is 42.0 Å². The molecule has 6 heteroatoms. The summed E-state index contributed by atoms with van der Waals surface area (Å²) in [4.78, 5) is 10.6. The van der Waals surface area contributed by atoms with E-state index in [9.17, 15) is 0 Å². The molecule has 0 spiro atoms. The lowest BCUT2D eigenvalue weighted by Gasteiger charge is -2.29. The van der Waals surface area contributed by atoms with Gasteiger partial charge in [0.15, 0.2) is 0 Å². The molecule has 1 fully saturated rings. The third-order valence-corrected chi connectivity index (χ3v) is 7.28. The molecule has 3 aromatic heterocycles. The fourth-order valence-electron chi connectivity index (χ4n) is 5.38. The summed E-state index contributed by atoms with van der Waals surface area (Å²) in [7, 11) is 0. The van der Waals surface area contributed by atoms with E-state index >= 15 is 0 Å². The zero-order valence-electron chi connectivity index (χ0n) is 21.2. The van der Waals surface area contributed by atoms with Gasteiger partial charge in [-0.25, -0.2) is 4.98 Å². The smallest absolute Gasteiger partial charge is 0.137 e. The van der Waals surface area contributed by atoms with Gasteiger partial charge in [-0.3, -0.25) is 4.68 Å². The van der Waals surface area contributed by atoms with Crippen LogP contribution in [-0.4, -0.2) is 45.9 Å². The van der Waals surface area contributed by atoms with Crippen molar-refractivity contribution >= 4 is 16.7 Å². The van der Waals surface area contributed by atoms with E-state index in [1.807, 2.05) is 6.20 Å². The number of aryl methyl sites for hydroxylation is 2. The second-order valence-corrected chi connectivity index (χ2v) is 9.80. The van der Waals surface area contributed by atoms with E-state index in [2.05, 4.69) is 101 Å². The molecule has 0 unspecified atom stereocenters. The van der Waals surface area contributed by atoms with Crippen molar-refractivity contribution in [3.05, 3.63) is 89.5 Å². The highest BCUT2D eigenvalue weighted by Gasteiger charge is 2.18. The quantitative estimate of drug-likeness (QED) is 0.353. The molecule has 182 valence electrons. The van der Waals surface area contributed by atoms with Crippen LogP contribution in [0.15, 0.2) is 67.0 Å². The molecule has 0 aliphatic carbocycles. The zero-order chi connectivity index (χ0) is 24.6. The van der Waals surface area contributed by atoms with Gasteiger partial charge in [0, 0.05) is 72.0 Å². The number of H-pyrrole nitrogens is 1. The van der Waals surface area contributed by atoms with Crippen LogP contribution in [0.1, 0.15) is 22.5 Å². The third-order valence-electron chi connectivity index (χ3n) is 7.28. The Balaban J connectivity index is 1.33. The Hall–Kier alpha value is -3.90. The van der Waals surface area contributed by atoms with Gasteiger partial charge in [0.2, 0.25) is 0 Å². The van der Waals surface area contributed by atoms with Crippen molar-refractivity contribution in [1.82, 2.24) is 25.1 Å². The standard InChI is InChI=1S/C30H32N6/c1-20-5-4-6-23(15-20)19-36-22(3)29(21(2)34-36)28-18-33-30-27(28)16-25(17-32-30)24-7-9-26(10-8-24)35-13-11-31-12-14-35/h4-10,15-18,31H,11-14,19H2,1-3H3,(H,32,33). The van der Waals surface area contributed by atoms with E-state index in [0.717, 1.165) is 60.6 Å². The van der Waals surface area contributed by atoms with Crippen LogP contribution in [0, 0.1) is 20.8 Å². The van der Waals surface area contributed by atoms with Crippen LogP contribution in [0.3, 0.4) is 0 Å². The number of anilines is 1. The summed E-state index contributed by atoms with van der Waals surface area (Å²) in [5.41, 5.74) is 11.6. The minimum atomic E-state index is 0.764. The SMILES string of the molecule is Cc1cccc(Cn2nc(C)c(-c3c[nH]c4ncc(-c5ccc(N6CCNCC6)cc5)cc34)c2C)c1. The van der Waals surface area contributed by atoms with Gasteiger partial charge in [0.25, 0.3) is 0 Å². The van der Waals surface area contributed by atoms with Crippen molar-refractivity contribution in [2.75, 3.05) is 31.1 Å². The Morgan fingerprint density at radius 3 is 2.50 bits per heavy atom. The van der Waals surface area contributed by atoms with E-state index in [1.54, 1.807) is 0 Å². The number of hydrogen-bond donors (Lipinski definition) is 2. The number of aromatic amines is 1. The maximum atomic E-state index is 4.91. The highest BCUT2D eigenvalue weighted by Crippen LogP contribution is 2.35. The maximum Gasteiger partial charge on any atom is 0.137 e. The number of nitrogens with one attached hydrogen (secondary N) is 2. The molecule has 0 saturated carbocycles. The van der Waals surface area contributed by atoms with E-state index in [4.69, 9.17) is 10.1 Å². The summed E-state index contributed by atoms with van der Waals surface area (Å²) >= 11 is 0. The number of benzene rings is 2. The lowest BCUT2D eigenvalue weighted by molar-refractivity contribution is 0.589. The number of piperazine rings is 1. The van der Waals surface area contributed by atoms with Crippen LogP contribution >= 0.6 is 0 Å². The summed E-state index contributed by atoms with van der Waals surface area (Å²) in [5, 5.41) is 9.45. The first-order valence-electron chi connectivity index (χ1n) is 12.7. The fourth-order valence-corrected chi connectivity index (χ4v) is 5.38. The molecule has 2 aromatic carbocycles.